The molecule has 1 aromatic carbocycles. The van der Waals surface area contributed by atoms with Gasteiger partial charge in [0, 0.05) is 25.2 Å². The van der Waals surface area contributed by atoms with E-state index in [0.29, 0.717) is 6.04 Å². The Balaban J connectivity index is 1.76. The maximum Gasteiger partial charge on any atom is 0.144 e. The summed E-state index contributed by atoms with van der Waals surface area (Å²) in [6.45, 7) is 2.06. The van der Waals surface area contributed by atoms with E-state index in [1.165, 1.54) is 19.3 Å². The van der Waals surface area contributed by atoms with Crippen LogP contribution in [0.4, 0.5) is 15.8 Å². The molecular formula is C14H16ClFN2. The Morgan fingerprint density at radius 2 is 2.22 bits per heavy atom. The monoisotopic (exact) mass is 266 g/mol. The SMILES string of the molecule is Fc1cc2c(cc1Cl)NCC1C3CCCC3CN21. The van der Waals surface area contributed by atoms with Crippen molar-refractivity contribution in [1.82, 2.24) is 0 Å². The van der Waals surface area contributed by atoms with Gasteiger partial charge >= 0.3 is 0 Å². The quantitative estimate of drug-likeness (QED) is 0.773. The summed E-state index contributed by atoms with van der Waals surface area (Å²) in [5.41, 5.74) is 1.99. The van der Waals surface area contributed by atoms with Crippen LogP contribution in [0.3, 0.4) is 0 Å². The Bertz CT molecular complexity index is 505. The molecule has 96 valence electrons. The lowest BCUT2D eigenvalue weighted by Gasteiger charge is -2.36. The number of halogens is 2. The van der Waals surface area contributed by atoms with Crippen molar-refractivity contribution in [3.8, 4) is 0 Å². The maximum atomic E-state index is 13.7. The molecule has 0 bridgehead atoms. The van der Waals surface area contributed by atoms with Gasteiger partial charge in [-0.2, -0.15) is 0 Å². The standard InChI is InChI=1S/C14H16ClFN2/c15-10-4-12-13(5-11(10)16)18-7-8-2-1-3-9(8)14(18)6-17-12/h4-5,8-9,14,17H,1-3,6-7H2. The Hall–Kier alpha value is -0.960. The smallest absolute Gasteiger partial charge is 0.144 e. The van der Waals surface area contributed by atoms with Gasteiger partial charge in [0.05, 0.1) is 16.4 Å². The Morgan fingerprint density at radius 3 is 3.11 bits per heavy atom. The van der Waals surface area contributed by atoms with Crippen LogP contribution in [-0.4, -0.2) is 19.1 Å². The van der Waals surface area contributed by atoms with E-state index in [2.05, 4.69) is 10.2 Å². The van der Waals surface area contributed by atoms with Crippen molar-refractivity contribution in [1.29, 1.82) is 0 Å². The van der Waals surface area contributed by atoms with Crippen molar-refractivity contribution < 1.29 is 4.39 Å². The van der Waals surface area contributed by atoms with E-state index in [1.54, 1.807) is 12.1 Å². The van der Waals surface area contributed by atoms with E-state index in [0.717, 1.165) is 36.3 Å². The number of nitrogens with zero attached hydrogens (tertiary/aromatic N) is 1. The van der Waals surface area contributed by atoms with Crippen molar-refractivity contribution in [2.75, 3.05) is 23.3 Å². The lowest BCUT2D eigenvalue weighted by Crippen LogP contribution is -2.42. The average molecular weight is 267 g/mol. The van der Waals surface area contributed by atoms with Gasteiger partial charge in [0.2, 0.25) is 0 Å². The van der Waals surface area contributed by atoms with Crippen molar-refractivity contribution >= 4 is 23.0 Å². The molecule has 3 unspecified atom stereocenters. The van der Waals surface area contributed by atoms with Crippen LogP contribution in [0.2, 0.25) is 5.02 Å². The molecule has 0 amide bonds. The number of hydrogen-bond donors (Lipinski definition) is 1. The number of fused-ring (bicyclic) bond motifs is 5. The lowest BCUT2D eigenvalue weighted by molar-refractivity contribution is 0.429. The summed E-state index contributed by atoms with van der Waals surface area (Å²) in [6, 6.07) is 3.86. The van der Waals surface area contributed by atoms with Crippen molar-refractivity contribution in [2.24, 2.45) is 11.8 Å². The third kappa shape index (κ3) is 1.40. The summed E-state index contributed by atoms with van der Waals surface area (Å²) in [5, 5.41) is 3.63. The van der Waals surface area contributed by atoms with Gasteiger partial charge in [-0.15, -0.1) is 0 Å². The van der Waals surface area contributed by atoms with E-state index >= 15 is 0 Å². The highest BCUT2D eigenvalue weighted by molar-refractivity contribution is 6.31. The fraction of sp³-hybridized carbons (Fsp3) is 0.571. The number of rotatable bonds is 0. The molecular weight excluding hydrogens is 251 g/mol. The molecule has 1 aromatic rings. The topological polar surface area (TPSA) is 15.3 Å². The van der Waals surface area contributed by atoms with Crippen LogP contribution in [0.5, 0.6) is 0 Å². The molecule has 0 spiro atoms. The van der Waals surface area contributed by atoms with Gasteiger partial charge < -0.3 is 10.2 Å². The Morgan fingerprint density at radius 1 is 1.33 bits per heavy atom. The summed E-state index contributed by atoms with van der Waals surface area (Å²) < 4.78 is 13.7. The first-order valence-corrected chi connectivity index (χ1v) is 7.11. The van der Waals surface area contributed by atoms with E-state index in [4.69, 9.17) is 11.6 Å². The number of nitrogens with one attached hydrogen (secondary N) is 1. The van der Waals surface area contributed by atoms with Crippen LogP contribution in [0.1, 0.15) is 19.3 Å². The number of benzene rings is 1. The summed E-state index contributed by atoms with van der Waals surface area (Å²) in [4.78, 5) is 2.40. The highest BCUT2D eigenvalue weighted by Crippen LogP contribution is 2.48. The first kappa shape index (κ1) is 10.9. The third-order valence-electron chi connectivity index (χ3n) is 4.89. The molecule has 3 aliphatic rings. The molecule has 0 radical (unpaired) electrons. The molecule has 2 nitrogen and oxygen atoms in total. The zero-order valence-electron chi connectivity index (χ0n) is 10.1. The molecule has 2 heterocycles. The van der Waals surface area contributed by atoms with Crippen LogP contribution < -0.4 is 10.2 Å². The van der Waals surface area contributed by atoms with Crippen molar-refractivity contribution in [2.45, 2.75) is 25.3 Å². The fourth-order valence-electron chi connectivity index (χ4n) is 4.09. The summed E-state index contributed by atoms with van der Waals surface area (Å²) in [7, 11) is 0. The minimum atomic E-state index is -0.310. The summed E-state index contributed by atoms with van der Waals surface area (Å²) in [6.07, 6.45) is 4.03. The molecule has 2 aliphatic heterocycles. The van der Waals surface area contributed by atoms with E-state index in [-0.39, 0.29) is 10.8 Å². The highest BCUT2D eigenvalue weighted by atomic mass is 35.5. The zero-order valence-corrected chi connectivity index (χ0v) is 10.9. The number of hydrogen-bond acceptors (Lipinski definition) is 2. The van der Waals surface area contributed by atoms with Crippen LogP contribution in [0.15, 0.2) is 12.1 Å². The van der Waals surface area contributed by atoms with Gasteiger partial charge in [-0.25, -0.2) is 4.39 Å². The lowest BCUT2D eigenvalue weighted by atomic mass is 9.93. The molecule has 3 atom stereocenters. The van der Waals surface area contributed by atoms with Crippen LogP contribution in [-0.2, 0) is 0 Å². The normalized spacial score (nSPS) is 32.8. The average Bonchev–Trinajstić information content (AvgIpc) is 2.91. The first-order chi connectivity index (χ1) is 8.74. The molecule has 1 saturated carbocycles. The highest BCUT2D eigenvalue weighted by Gasteiger charge is 2.46. The molecule has 0 aromatic heterocycles. The van der Waals surface area contributed by atoms with Gasteiger partial charge in [0.15, 0.2) is 0 Å². The van der Waals surface area contributed by atoms with Crippen LogP contribution >= 0.6 is 11.6 Å². The van der Waals surface area contributed by atoms with Crippen molar-refractivity contribution in [3.63, 3.8) is 0 Å². The van der Waals surface area contributed by atoms with Gasteiger partial charge in [-0.05, 0) is 30.7 Å². The summed E-state index contributed by atoms with van der Waals surface area (Å²) >= 11 is 5.85. The largest absolute Gasteiger partial charge is 0.381 e. The molecule has 1 N–H and O–H groups in total. The zero-order chi connectivity index (χ0) is 12.3. The van der Waals surface area contributed by atoms with Gasteiger partial charge in [-0.1, -0.05) is 18.0 Å². The van der Waals surface area contributed by atoms with E-state index in [9.17, 15) is 4.39 Å². The van der Waals surface area contributed by atoms with Gasteiger partial charge in [-0.3, -0.25) is 0 Å². The van der Waals surface area contributed by atoms with Crippen molar-refractivity contribution in [3.05, 3.63) is 23.0 Å². The predicted octanol–water partition coefficient (Wildman–Crippen LogP) is 3.51. The second-order valence-electron chi connectivity index (χ2n) is 5.74. The van der Waals surface area contributed by atoms with Crippen LogP contribution in [0, 0.1) is 17.7 Å². The fourth-order valence-corrected chi connectivity index (χ4v) is 4.25. The van der Waals surface area contributed by atoms with Gasteiger partial charge in [0.25, 0.3) is 0 Å². The number of anilines is 2. The Labute approximate surface area is 111 Å². The molecule has 1 saturated heterocycles. The second kappa shape index (κ2) is 3.77. The molecule has 4 heteroatoms. The minimum absolute atomic E-state index is 0.207. The molecule has 2 fully saturated rings. The minimum Gasteiger partial charge on any atom is -0.381 e. The first-order valence-electron chi connectivity index (χ1n) is 6.73. The Kier molecular flexibility index (Phi) is 2.28. The maximum absolute atomic E-state index is 13.7. The van der Waals surface area contributed by atoms with E-state index < -0.39 is 0 Å². The molecule has 1 aliphatic carbocycles. The van der Waals surface area contributed by atoms with Crippen LogP contribution in [0.25, 0.3) is 0 Å². The predicted molar refractivity (Wildman–Crippen MR) is 71.9 cm³/mol. The van der Waals surface area contributed by atoms with Gasteiger partial charge in [0.1, 0.15) is 5.82 Å². The second-order valence-corrected chi connectivity index (χ2v) is 6.15. The third-order valence-corrected chi connectivity index (χ3v) is 5.18. The van der Waals surface area contributed by atoms with E-state index in [1.807, 2.05) is 0 Å². The molecule has 18 heavy (non-hydrogen) atoms. The molecule has 4 rings (SSSR count). The summed E-state index contributed by atoms with van der Waals surface area (Å²) in [5.74, 6) is 1.29.